The molecule has 90 valence electrons. The van der Waals surface area contributed by atoms with Crippen molar-refractivity contribution in [3.63, 3.8) is 0 Å². The van der Waals surface area contributed by atoms with Gasteiger partial charge in [-0.15, -0.1) is 0 Å². The van der Waals surface area contributed by atoms with Crippen LogP contribution >= 0.6 is 0 Å². The number of nitrogens with two attached hydrogens (primary N) is 1. The van der Waals surface area contributed by atoms with E-state index in [4.69, 9.17) is 5.73 Å². The van der Waals surface area contributed by atoms with Gasteiger partial charge in [0, 0.05) is 18.8 Å². The third kappa shape index (κ3) is 3.17. The maximum Gasteiger partial charge on any atom is 0.0522 e. The molecule has 2 aromatic rings. The highest BCUT2D eigenvalue weighted by Gasteiger charge is 2.07. The van der Waals surface area contributed by atoms with Crippen molar-refractivity contribution in [3.8, 4) is 0 Å². The molecule has 1 atom stereocenters. The van der Waals surface area contributed by atoms with Gasteiger partial charge in [-0.25, -0.2) is 0 Å². The van der Waals surface area contributed by atoms with Gasteiger partial charge in [0.05, 0.1) is 6.20 Å². The van der Waals surface area contributed by atoms with E-state index in [1.807, 2.05) is 29.1 Å². The van der Waals surface area contributed by atoms with Crippen LogP contribution < -0.4 is 5.73 Å². The molecule has 0 fully saturated rings. The summed E-state index contributed by atoms with van der Waals surface area (Å²) in [5.41, 5.74) is 8.55. The number of hydrogen-bond donors (Lipinski definition) is 1. The van der Waals surface area contributed by atoms with Gasteiger partial charge in [-0.2, -0.15) is 5.10 Å². The summed E-state index contributed by atoms with van der Waals surface area (Å²) in [6.45, 7) is 3.12. The van der Waals surface area contributed by atoms with Gasteiger partial charge in [0.15, 0.2) is 0 Å². The highest BCUT2D eigenvalue weighted by atomic mass is 15.3. The summed E-state index contributed by atoms with van der Waals surface area (Å²) in [4.78, 5) is 0. The molecule has 0 aliphatic rings. The molecule has 3 heteroatoms. The largest absolute Gasteiger partial charge is 0.324 e. The molecule has 17 heavy (non-hydrogen) atoms. The fourth-order valence-electron chi connectivity index (χ4n) is 1.94. The maximum atomic E-state index is 6.17. The van der Waals surface area contributed by atoms with Crippen LogP contribution in [-0.2, 0) is 13.0 Å². The van der Waals surface area contributed by atoms with E-state index in [1.54, 1.807) is 0 Å². The summed E-state index contributed by atoms with van der Waals surface area (Å²) in [5, 5.41) is 4.31. The second-order valence-corrected chi connectivity index (χ2v) is 4.33. The van der Waals surface area contributed by atoms with Gasteiger partial charge in [0.2, 0.25) is 0 Å². The molecule has 0 bridgehead atoms. The topological polar surface area (TPSA) is 43.8 Å². The molecule has 1 heterocycles. The Bertz CT molecular complexity index is 448. The van der Waals surface area contributed by atoms with E-state index >= 15 is 0 Å². The highest BCUT2D eigenvalue weighted by molar-refractivity contribution is 5.21. The standard InChI is InChI=1S/C14H19N3/c1-2-8-17-11-12(10-16-17)9-14(15)13-6-4-3-5-7-13/h3-7,10-11,14H,2,8-9,15H2,1H3. The lowest BCUT2D eigenvalue weighted by Crippen LogP contribution is -2.12. The minimum Gasteiger partial charge on any atom is -0.324 e. The minimum absolute atomic E-state index is 0.0514. The lowest BCUT2D eigenvalue weighted by Gasteiger charge is -2.10. The quantitative estimate of drug-likeness (QED) is 0.856. The zero-order valence-electron chi connectivity index (χ0n) is 10.2. The van der Waals surface area contributed by atoms with E-state index < -0.39 is 0 Å². The van der Waals surface area contributed by atoms with Crippen molar-refractivity contribution in [3.05, 3.63) is 53.9 Å². The molecule has 1 aromatic heterocycles. The Morgan fingerprint density at radius 2 is 2.06 bits per heavy atom. The van der Waals surface area contributed by atoms with Crippen LogP contribution in [0.25, 0.3) is 0 Å². The Hall–Kier alpha value is -1.61. The van der Waals surface area contributed by atoms with Gasteiger partial charge < -0.3 is 5.73 Å². The van der Waals surface area contributed by atoms with E-state index in [0.717, 1.165) is 19.4 Å². The molecule has 0 saturated heterocycles. The second kappa shape index (κ2) is 5.64. The molecule has 0 aliphatic heterocycles. The Labute approximate surface area is 102 Å². The summed E-state index contributed by atoms with van der Waals surface area (Å²) in [6, 6.07) is 10.2. The second-order valence-electron chi connectivity index (χ2n) is 4.33. The lowest BCUT2D eigenvalue weighted by atomic mass is 10.0. The molecular weight excluding hydrogens is 210 g/mol. The van der Waals surface area contributed by atoms with Crippen molar-refractivity contribution in [1.82, 2.24) is 9.78 Å². The molecular formula is C14H19N3. The van der Waals surface area contributed by atoms with E-state index in [-0.39, 0.29) is 6.04 Å². The first-order chi connectivity index (χ1) is 8.29. The Morgan fingerprint density at radius 1 is 1.29 bits per heavy atom. The molecule has 1 unspecified atom stereocenters. The van der Waals surface area contributed by atoms with E-state index in [2.05, 4.69) is 30.4 Å². The van der Waals surface area contributed by atoms with Crippen molar-refractivity contribution in [2.45, 2.75) is 32.4 Å². The van der Waals surface area contributed by atoms with Crippen LogP contribution in [0.3, 0.4) is 0 Å². The minimum atomic E-state index is 0.0514. The molecule has 0 saturated carbocycles. The average molecular weight is 229 g/mol. The Morgan fingerprint density at radius 3 is 2.76 bits per heavy atom. The molecule has 0 aliphatic carbocycles. The molecule has 2 rings (SSSR count). The summed E-state index contributed by atoms with van der Waals surface area (Å²) in [7, 11) is 0. The van der Waals surface area contributed by atoms with Gasteiger partial charge >= 0.3 is 0 Å². The van der Waals surface area contributed by atoms with Crippen LogP contribution in [0.1, 0.15) is 30.5 Å². The van der Waals surface area contributed by atoms with Crippen LogP contribution in [0, 0.1) is 0 Å². The first kappa shape index (κ1) is 11.9. The van der Waals surface area contributed by atoms with Crippen LogP contribution in [0.4, 0.5) is 0 Å². The van der Waals surface area contributed by atoms with Crippen molar-refractivity contribution < 1.29 is 0 Å². The first-order valence-corrected chi connectivity index (χ1v) is 6.11. The van der Waals surface area contributed by atoms with Crippen LogP contribution in [-0.4, -0.2) is 9.78 Å². The summed E-state index contributed by atoms with van der Waals surface area (Å²) in [6.07, 6.45) is 5.95. The molecule has 0 spiro atoms. The van der Waals surface area contributed by atoms with Gasteiger partial charge in [-0.1, -0.05) is 37.3 Å². The molecule has 2 N–H and O–H groups in total. The fourth-order valence-corrected chi connectivity index (χ4v) is 1.94. The van der Waals surface area contributed by atoms with Gasteiger partial charge in [0.1, 0.15) is 0 Å². The zero-order valence-corrected chi connectivity index (χ0v) is 10.2. The smallest absolute Gasteiger partial charge is 0.0522 e. The van der Waals surface area contributed by atoms with Gasteiger partial charge in [-0.05, 0) is 24.0 Å². The number of hydrogen-bond acceptors (Lipinski definition) is 2. The van der Waals surface area contributed by atoms with E-state index in [9.17, 15) is 0 Å². The summed E-state index contributed by atoms with van der Waals surface area (Å²) < 4.78 is 1.98. The third-order valence-corrected chi connectivity index (χ3v) is 2.82. The van der Waals surface area contributed by atoms with E-state index in [0.29, 0.717) is 0 Å². The highest BCUT2D eigenvalue weighted by Crippen LogP contribution is 2.15. The van der Waals surface area contributed by atoms with Gasteiger partial charge in [-0.3, -0.25) is 4.68 Å². The number of benzene rings is 1. The van der Waals surface area contributed by atoms with Crippen molar-refractivity contribution in [2.24, 2.45) is 5.73 Å². The number of nitrogens with zero attached hydrogens (tertiary/aromatic N) is 2. The van der Waals surface area contributed by atoms with Crippen molar-refractivity contribution in [1.29, 1.82) is 0 Å². The molecule has 3 nitrogen and oxygen atoms in total. The Kier molecular flexibility index (Phi) is 3.94. The number of rotatable bonds is 5. The number of aryl methyl sites for hydroxylation is 1. The number of aromatic nitrogens is 2. The maximum absolute atomic E-state index is 6.17. The predicted octanol–water partition coefficient (Wildman–Crippen LogP) is 2.54. The fraction of sp³-hybridized carbons (Fsp3) is 0.357. The Balaban J connectivity index is 2.00. The van der Waals surface area contributed by atoms with Crippen LogP contribution in [0.5, 0.6) is 0 Å². The van der Waals surface area contributed by atoms with Crippen LogP contribution in [0.15, 0.2) is 42.7 Å². The molecule has 0 radical (unpaired) electrons. The molecule has 0 amide bonds. The normalized spacial score (nSPS) is 12.6. The van der Waals surface area contributed by atoms with Crippen LogP contribution in [0.2, 0.25) is 0 Å². The predicted molar refractivity (Wildman–Crippen MR) is 69.6 cm³/mol. The third-order valence-electron chi connectivity index (χ3n) is 2.82. The lowest BCUT2D eigenvalue weighted by molar-refractivity contribution is 0.601. The SMILES string of the molecule is CCCn1cc(CC(N)c2ccccc2)cn1. The average Bonchev–Trinajstić information content (AvgIpc) is 2.78. The first-order valence-electron chi connectivity index (χ1n) is 6.11. The van der Waals surface area contributed by atoms with Crippen molar-refractivity contribution >= 4 is 0 Å². The molecule has 1 aromatic carbocycles. The van der Waals surface area contributed by atoms with E-state index in [1.165, 1.54) is 11.1 Å². The van der Waals surface area contributed by atoms with Crippen molar-refractivity contribution in [2.75, 3.05) is 0 Å². The zero-order chi connectivity index (χ0) is 12.1. The monoisotopic (exact) mass is 229 g/mol. The summed E-state index contributed by atoms with van der Waals surface area (Å²) in [5.74, 6) is 0. The van der Waals surface area contributed by atoms with Gasteiger partial charge in [0.25, 0.3) is 0 Å². The summed E-state index contributed by atoms with van der Waals surface area (Å²) >= 11 is 0.